The van der Waals surface area contributed by atoms with E-state index >= 15 is 0 Å². The Labute approximate surface area is 194 Å². The van der Waals surface area contributed by atoms with Crippen LogP contribution in [0, 0.1) is 5.82 Å². The first-order valence-electron chi connectivity index (χ1n) is 9.92. The molecule has 30 heavy (non-hydrogen) atoms. The molecule has 6 nitrogen and oxygen atoms in total. The van der Waals surface area contributed by atoms with E-state index in [1.807, 2.05) is 0 Å². The zero-order valence-corrected chi connectivity index (χ0v) is 19.5. The zero-order chi connectivity index (χ0) is 20.5. The number of carbonyl (C=O) groups excluding carboxylic acids is 1. The van der Waals surface area contributed by atoms with Gasteiger partial charge in [-0.2, -0.15) is 0 Å². The van der Waals surface area contributed by atoms with Gasteiger partial charge < -0.3 is 16.0 Å². The number of amides is 1. The maximum Gasteiger partial charge on any atom is 0.243 e. The lowest BCUT2D eigenvalue weighted by molar-refractivity contribution is -0.115. The van der Waals surface area contributed by atoms with E-state index in [0.29, 0.717) is 18.2 Å². The molecule has 0 unspecified atom stereocenters. The summed E-state index contributed by atoms with van der Waals surface area (Å²) in [5, 5.41) is 8.88. The van der Waals surface area contributed by atoms with Gasteiger partial charge in [0.1, 0.15) is 5.82 Å². The monoisotopic (exact) mass is 525 g/mol. The van der Waals surface area contributed by atoms with E-state index in [1.54, 1.807) is 7.05 Å². The van der Waals surface area contributed by atoms with Gasteiger partial charge in [-0.05, 0) is 61.3 Å². The lowest BCUT2D eigenvalue weighted by Crippen LogP contribution is -2.41. The number of likely N-dealkylation sites (tertiary alicyclic amines) is 1. The van der Waals surface area contributed by atoms with Crippen molar-refractivity contribution in [3.8, 4) is 0 Å². The van der Waals surface area contributed by atoms with E-state index in [-0.39, 0.29) is 42.2 Å². The number of halogens is 2. The summed E-state index contributed by atoms with van der Waals surface area (Å²) in [6, 6.07) is 14.2. The number of rotatable bonds is 7. The van der Waals surface area contributed by atoms with Gasteiger partial charge in [-0.25, -0.2) is 4.39 Å². The zero-order valence-electron chi connectivity index (χ0n) is 17.2. The van der Waals surface area contributed by atoms with Gasteiger partial charge in [0.25, 0.3) is 0 Å². The van der Waals surface area contributed by atoms with Crippen molar-refractivity contribution in [3.05, 3.63) is 65.5 Å². The number of nitrogens with zero attached hydrogens (tertiary/aromatic N) is 2. The third-order valence-electron chi connectivity index (χ3n) is 4.86. The summed E-state index contributed by atoms with van der Waals surface area (Å²) in [5.41, 5.74) is 3.03. The Kier molecular flexibility index (Phi) is 10.0. The molecule has 2 aromatic carbocycles. The minimum absolute atomic E-state index is 0. The molecule has 0 saturated carbocycles. The Balaban J connectivity index is 0.00000320. The van der Waals surface area contributed by atoms with Crippen molar-refractivity contribution in [2.24, 2.45) is 4.99 Å². The van der Waals surface area contributed by atoms with Crippen LogP contribution in [0.3, 0.4) is 0 Å². The van der Waals surface area contributed by atoms with E-state index in [4.69, 9.17) is 0 Å². The van der Waals surface area contributed by atoms with E-state index in [0.717, 1.165) is 12.1 Å². The fourth-order valence-corrected chi connectivity index (χ4v) is 3.27. The first-order valence-corrected chi connectivity index (χ1v) is 9.92. The van der Waals surface area contributed by atoms with Gasteiger partial charge in [0.15, 0.2) is 5.96 Å². The van der Waals surface area contributed by atoms with Crippen LogP contribution in [0.1, 0.15) is 24.0 Å². The molecular weight excluding hydrogens is 496 g/mol. The predicted octanol–water partition coefficient (Wildman–Crippen LogP) is 3.34. The number of hydrogen-bond acceptors (Lipinski definition) is 3. The van der Waals surface area contributed by atoms with Gasteiger partial charge in [-0.3, -0.25) is 14.7 Å². The second-order valence-electron chi connectivity index (χ2n) is 7.13. The van der Waals surface area contributed by atoms with Crippen LogP contribution in [0.2, 0.25) is 0 Å². The van der Waals surface area contributed by atoms with Crippen LogP contribution in [0.25, 0.3) is 0 Å². The summed E-state index contributed by atoms with van der Waals surface area (Å²) in [4.78, 5) is 18.6. The maximum absolute atomic E-state index is 12.9. The van der Waals surface area contributed by atoms with Crippen molar-refractivity contribution in [3.63, 3.8) is 0 Å². The van der Waals surface area contributed by atoms with Gasteiger partial charge in [-0.1, -0.05) is 24.3 Å². The molecule has 1 fully saturated rings. The molecule has 0 atom stereocenters. The molecule has 0 radical (unpaired) electrons. The van der Waals surface area contributed by atoms with Crippen LogP contribution in [-0.4, -0.2) is 43.4 Å². The molecule has 3 rings (SSSR count). The summed E-state index contributed by atoms with van der Waals surface area (Å²) in [6.07, 6.45) is 2.60. The average Bonchev–Trinajstić information content (AvgIpc) is 3.24. The van der Waals surface area contributed by atoms with E-state index < -0.39 is 0 Å². The first kappa shape index (κ1) is 24.1. The van der Waals surface area contributed by atoms with Crippen molar-refractivity contribution < 1.29 is 9.18 Å². The van der Waals surface area contributed by atoms with E-state index in [2.05, 4.69) is 50.1 Å². The van der Waals surface area contributed by atoms with Crippen molar-refractivity contribution in [2.75, 3.05) is 32.0 Å². The lowest BCUT2D eigenvalue weighted by Gasteiger charge is -2.15. The minimum atomic E-state index is -0.338. The standard InChI is InChI=1S/C22H28FN5O.HI/c1-24-22(26-15-21(29)27-20-10-8-19(23)9-11-20)25-14-17-4-6-18(7-5-17)16-28-12-2-3-13-28;/h4-11H,2-3,12-16H2,1H3,(H,27,29)(H2,24,25,26);1H. The van der Waals surface area contributed by atoms with Gasteiger partial charge >= 0.3 is 0 Å². The highest BCUT2D eigenvalue weighted by Crippen LogP contribution is 2.13. The van der Waals surface area contributed by atoms with Gasteiger partial charge in [0.05, 0.1) is 6.54 Å². The van der Waals surface area contributed by atoms with Gasteiger partial charge in [-0.15, -0.1) is 24.0 Å². The fourth-order valence-electron chi connectivity index (χ4n) is 3.27. The summed E-state index contributed by atoms with van der Waals surface area (Å²) in [6.45, 7) is 4.08. The Hall–Kier alpha value is -2.20. The van der Waals surface area contributed by atoms with E-state index in [9.17, 15) is 9.18 Å². The highest BCUT2D eigenvalue weighted by atomic mass is 127. The Bertz CT molecular complexity index is 820. The van der Waals surface area contributed by atoms with Crippen molar-refractivity contribution in [1.82, 2.24) is 15.5 Å². The highest BCUT2D eigenvalue weighted by Gasteiger charge is 2.11. The normalized spacial score (nSPS) is 14.1. The Morgan fingerprint density at radius 1 is 1.00 bits per heavy atom. The molecule has 0 aromatic heterocycles. The second kappa shape index (κ2) is 12.5. The molecule has 1 heterocycles. The molecule has 1 aliphatic heterocycles. The summed E-state index contributed by atoms with van der Waals surface area (Å²) >= 11 is 0. The van der Waals surface area contributed by atoms with Crippen LogP contribution in [0.15, 0.2) is 53.5 Å². The second-order valence-corrected chi connectivity index (χ2v) is 7.13. The molecule has 1 saturated heterocycles. The quantitative estimate of drug-likeness (QED) is 0.295. The number of aliphatic imine (C=N–C) groups is 1. The smallest absolute Gasteiger partial charge is 0.243 e. The van der Waals surface area contributed by atoms with E-state index in [1.165, 1.54) is 55.8 Å². The molecule has 1 aliphatic rings. The highest BCUT2D eigenvalue weighted by molar-refractivity contribution is 14.0. The Morgan fingerprint density at radius 3 is 2.27 bits per heavy atom. The fraction of sp³-hybridized carbons (Fsp3) is 0.364. The average molecular weight is 525 g/mol. The van der Waals surface area contributed by atoms with Crippen LogP contribution in [0.5, 0.6) is 0 Å². The van der Waals surface area contributed by atoms with Gasteiger partial charge in [0, 0.05) is 25.8 Å². The maximum atomic E-state index is 12.9. The Morgan fingerprint density at radius 2 is 1.63 bits per heavy atom. The topological polar surface area (TPSA) is 68.8 Å². The molecule has 0 aliphatic carbocycles. The van der Waals surface area contributed by atoms with Crippen LogP contribution in [-0.2, 0) is 17.9 Å². The third kappa shape index (κ3) is 7.91. The van der Waals surface area contributed by atoms with Crippen LogP contribution < -0.4 is 16.0 Å². The molecule has 3 N–H and O–H groups in total. The predicted molar refractivity (Wildman–Crippen MR) is 130 cm³/mol. The van der Waals surface area contributed by atoms with Crippen LogP contribution in [0.4, 0.5) is 10.1 Å². The largest absolute Gasteiger partial charge is 0.352 e. The SMILES string of the molecule is CN=C(NCC(=O)Nc1ccc(F)cc1)NCc1ccc(CN2CCCC2)cc1.I. The molecule has 2 aromatic rings. The number of anilines is 1. The van der Waals surface area contributed by atoms with Crippen molar-refractivity contribution in [2.45, 2.75) is 25.9 Å². The molecule has 0 bridgehead atoms. The minimum Gasteiger partial charge on any atom is -0.352 e. The summed E-state index contributed by atoms with van der Waals surface area (Å²) in [5.74, 6) is -0.0268. The molecule has 162 valence electrons. The molecule has 0 spiro atoms. The van der Waals surface area contributed by atoms with Crippen molar-refractivity contribution >= 4 is 41.5 Å². The van der Waals surface area contributed by atoms with Crippen LogP contribution >= 0.6 is 24.0 Å². The number of benzene rings is 2. The summed E-state index contributed by atoms with van der Waals surface area (Å²) in [7, 11) is 1.66. The van der Waals surface area contributed by atoms with Gasteiger partial charge in [0.2, 0.25) is 5.91 Å². The molecule has 8 heteroatoms. The number of guanidine groups is 1. The molecule has 1 amide bonds. The number of carbonyl (C=O) groups is 1. The number of hydrogen-bond donors (Lipinski definition) is 3. The summed E-state index contributed by atoms with van der Waals surface area (Å²) < 4.78 is 12.9. The molecular formula is C22H29FIN5O. The van der Waals surface area contributed by atoms with Crippen molar-refractivity contribution in [1.29, 1.82) is 0 Å². The first-order chi connectivity index (χ1) is 14.1. The third-order valence-corrected chi connectivity index (χ3v) is 4.86. The lowest BCUT2D eigenvalue weighted by atomic mass is 10.1. The number of nitrogens with one attached hydrogen (secondary N) is 3.